The molecule has 16 heavy (non-hydrogen) atoms. The molecule has 9 heteroatoms. The molecular formula is C7H12N2O7. The van der Waals surface area contributed by atoms with Crippen LogP contribution in [0.2, 0.25) is 0 Å². The molecule has 1 fully saturated rings. The predicted octanol–water partition coefficient (Wildman–Crippen LogP) is 1.04. The fourth-order valence-electron chi connectivity index (χ4n) is 1.78. The fraction of sp³-hybridized carbons (Fsp3) is 1.00. The summed E-state index contributed by atoms with van der Waals surface area (Å²) in [6, 6.07) is 0. The summed E-state index contributed by atoms with van der Waals surface area (Å²) in [6.07, 6.45) is 1.47. The molecular weight excluding hydrogens is 224 g/mol. The lowest BCUT2D eigenvalue weighted by molar-refractivity contribution is -0.861. The lowest BCUT2D eigenvalue weighted by Gasteiger charge is -2.36. The van der Waals surface area contributed by atoms with Gasteiger partial charge in [-0.25, -0.2) is 0 Å². The number of hydrogen-bond acceptors (Lipinski definition) is 7. The van der Waals surface area contributed by atoms with Crippen molar-refractivity contribution in [3.8, 4) is 0 Å². The van der Waals surface area contributed by atoms with Gasteiger partial charge in [0.25, 0.3) is 5.09 Å². The van der Waals surface area contributed by atoms with Gasteiger partial charge in [0, 0.05) is 0 Å². The Labute approximate surface area is 90.4 Å². The van der Waals surface area contributed by atoms with E-state index in [4.69, 9.17) is 0 Å². The normalized spacial score (nSPS) is 29.4. The third-order valence-electron chi connectivity index (χ3n) is 2.57. The molecule has 9 nitrogen and oxygen atoms in total. The summed E-state index contributed by atoms with van der Waals surface area (Å²) in [6.45, 7) is 1.48. The van der Waals surface area contributed by atoms with Gasteiger partial charge in [-0.15, -0.1) is 25.2 Å². The lowest BCUT2D eigenvalue weighted by atomic mass is 9.84. The van der Waals surface area contributed by atoms with Crippen LogP contribution in [0, 0.1) is 20.2 Å². The summed E-state index contributed by atoms with van der Waals surface area (Å²) in [5, 5.41) is 18.2. The lowest BCUT2D eigenvalue weighted by Crippen LogP contribution is -2.47. The van der Waals surface area contributed by atoms with Crippen LogP contribution in [0.3, 0.4) is 0 Å². The highest BCUT2D eigenvalue weighted by Gasteiger charge is 2.42. The van der Waals surface area contributed by atoms with E-state index in [9.17, 15) is 20.2 Å². The van der Waals surface area contributed by atoms with Crippen LogP contribution in [-0.2, 0) is 14.7 Å². The summed E-state index contributed by atoms with van der Waals surface area (Å²) in [7, 11) is 0. The van der Waals surface area contributed by atoms with Crippen molar-refractivity contribution in [3.05, 3.63) is 20.2 Å². The van der Waals surface area contributed by atoms with Crippen LogP contribution in [0.5, 0.6) is 0 Å². The predicted molar refractivity (Wildman–Crippen MR) is 47.9 cm³/mol. The Morgan fingerprint density at radius 1 is 1.25 bits per heavy atom. The van der Waals surface area contributed by atoms with E-state index in [0.29, 0.717) is 12.8 Å². The molecule has 0 amide bonds. The van der Waals surface area contributed by atoms with E-state index >= 15 is 0 Å². The average Bonchev–Trinajstić information content (AvgIpc) is 2.14. The second-order valence-electron chi connectivity index (χ2n) is 3.76. The van der Waals surface area contributed by atoms with Crippen molar-refractivity contribution in [1.82, 2.24) is 0 Å². The van der Waals surface area contributed by atoms with Crippen molar-refractivity contribution in [2.75, 3.05) is 0 Å². The smallest absolute Gasteiger partial charge is 0.305 e. The third kappa shape index (κ3) is 3.19. The summed E-state index contributed by atoms with van der Waals surface area (Å²) < 4.78 is 0. The minimum atomic E-state index is -1.20. The van der Waals surface area contributed by atoms with E-state index in [1.807, 2.05) is 0 Å². The average molecular weight is 236 g/mol. The van der Waals surface area contributed by atoms with Gasteiger partial charge in [-0.3, -0.25) is 0 Å². The van der Waals surface area contributed by atoms with Crippen LogP contribution in [0.15, 0.2) is 0 Å². The van der Waals surface area contributed by atoms with E-state index in [1.54, 1.807) is 0 Å². The molecule has 92 valence electrons. The molecule has 0 bridgehead atoms. The summed E-state index contributed by atoms with van der Waals surface area (Å²) >= 11 is 0. The van der Waals surface area contributed by atoms with Gasteiger partial charge < -0.3 is 4.84 Å². The van der Waals surface area contributed by atoms with Crippen molar-refractivity contribution in [1.29, 1.82) is 0 Å². The molecule has 2 unspecified atom stereocenters. The maximum absolute atomic E-state index is 10.3. The molecule has 1 aliphatic rings. The molecule has 0 saturated heterocycles. The van der Waals surface area contributed by atoms with Crippen LogP contribution in [0.4, 0.5) is 0 Å². The molecule has 0 aromatic rings. The van der Waals surface area contributed by atoms with E-state index in [-0.39, 0.29) is 0 Å². The Morgan fingerprint density at radius 3 is 2.50 bits per heavy atom. The summed E-state index contributed by atoms with van der Waals surface area (Å²) in [5.41, 5.74) is -1.20. The van der Waals surface area contributed by atoms with Crippen molar-refractivity contribution >= 4 is 0 Å². The topological polar surface area (TPSA) is 114 Å². The van der Waals surface area contributed by atoms with Crippen molar-refractivity contribution < 1.29 is 24.9 Å². The monoisotopic (exact) mass is 236 g/mol. The van der Waals surface area contributed by atoms with Gasteiger partial charge in [0.15, 0.2) is 0 Å². The second-order valence-corrected chi connectivity index (χ2v) is 3.76. The number of rotatable bonds is 5. The minimum Gasteiger partial charge on any atom is -0.305 e. The molecule has 0 aromatic carbocycles. The van der Waals surface area contributed by atoms with Crippen molar-refractivity contribution in [2.24, 2.45) is 0 Å². The maximum atomic E-state index is 10.3. The van der Waals surface area contributed by atoms with E-state index in [1.165, 1.54) is 6.92 Å². The van der Waals surface area contributed by atoms with Gasteiger partial charge in [0.1, 0.15) is 11.7 Å². The van der Waals surface area contributed by atoms with E-state index in [2.05, 4.69) is 14.7 Å². The molecule has 0 spiro atoms. The molecule has 2 atom stereocenters. The number of hydrogen-bond donors (Lipinski definition) is 0. The molecule has 1 rings (SSSR count). The van der Waals surface area contributed by atoms with Gasteiger partial charge in [-0.1, -0.05) is 12.8 Å². The Morgan fingerprint density at radius 2 is 1.94 bits per heavy atom. The highest BCUT2D eigenvalue weighted by Crippen LogP contribution is 2.33. The van der Waals surface area contributed by atoms with Crippen LogP contribution >= 0.6 is 0 Å². The zero-order chi connectivity index (χ0) is 12.2. The van der Waals surface area contributed by atoms with Gasteiger partial charge in [0.05, 0.1) is 0 Å². The van der Waals surface area contributed by atoms with Gasteiger partial charge in [0.2, 0.25) is 0 Å². The Hall–Kier alpha value is -1.64. The molecule has 0 N–H and O–H groups in total. The Bertz CT molecular complexity index is 284. The first-order valence-electron chi connectivity index (χ1n) is 4.75. The number of nitrogens with zero attached hydrogens (tertiary/aromatic N) is 2. The quantitative estimate of drug-likeness (QED) is 0.397. The Kier molecular flexibility index (Phi) is 3.82. The zero-order valence-electron chi connectivity index (χ0n) is 8.66. The highest BCUT2D eigenvalue weighted by atomic mass is 17.3. The SMILES string of the molecule is CC1(O[N+](=O)[O-])CCCCC1OO[N+](=O)[O-]. The van der Waals surface area contributed by atoms with Crippen LogP contribution < -0.4 is 0 Å². The summed E-state index contributed by atoms with van der Waals surface area (Å²) in [4.78, 5) is 33.1. The Balaban J connectivity index is 2.61. The van der Waals surface area contributed by atoms with Crippen molar-refractivity contribution in [3.63, 3.8) is 0 Å². The molecule has 1 saturated carbocycles. The van der Waals surface area contributed by atoms with E-state index in [0.717, 1.165) is 12.8 Å². The largest absolute Gasteiger partial charge is 0.322 e. The maximum Gasteiger partial charge on any atom is 0.322 e. The molecule has 0 radical (unpaired) electrons. The molecule has 0 aromatic heterocycles. The van der Waals surface area contributed by atoms with Gasteiger partial charge in [-0.2, -0.15) is 4.89 Å². The molecule has 0 heterocycles. The molecule has 0 aliphatic heterocycles. The first kappa shape index (κ1) is 12.4. The van der Waals surface area contributed by atoms with Gasteiger partial charge in [-0.05, 0) is 19.8 Å². The van der Waals surface area contributed by atoms with Crippen LogP contribution in [-0.4, -0.2) is 21.9 Å². The van der Waals surface area contributed by atoms with Crippen LogP contribution in [0.25, 0.3) is 0 Å². The minimum absolute atomic E-state index is 0.389. The second kappa shape index (κ2) is 4.92. The van der Waals surface area contributed by atoms with Gasteiger partial charge >= 0.3 is 5.09 Å². The summed E-state index contributed by atoms with van der Waals surface area (Å²) in [5.74, 6) is 0. The first-order chi connectivity index (χ1) is 7.44. The zero-order valence-corrected chi connectivity index (χ0v) is 8.66. The van der Waals surface area contributed by atoms with E-state index < -0.39 is 21.9 Å². The molecule has 1 aliphatic carbocycles. The fourth-order valence-corrected chi connectivity index (χ4v) is 1.78. The first-order valence-corrected chi connectivity index (χ1v) is 4.75. The van der Waals surface area contributed by atoms with Crippen molar-refractivity contribution in [2.45, 2.75) is 44.3 Å². The highest BCUT2D eigenvalue weighted by molar-refractivity contribution is 4.87. The van der Waals surface area contributed by atoms with Crippen LogP contribution in [0.1, 0.15) is 32.6 Å². The third-order valence-corrected chi connectivity index (χ3v) is 2.57. The standard InChI is InChI=1S/C7H12N2O7/c1-7(15-8(10)11)5-3-2-4-6(7)14-16-9(12)13/h6H,2-5H2,1H3.